The highest BCUT2D eigenvalue weighted by Crippen LogP contribution is 2.36. The van der Waals surface area contributed by atoms with Crippen molar-refractivity contribution in [3.05, 3.63) is 75.8 Å². The minimum absolute atomic E-state index is 0.111. The molecule has 1 atom stereocenters. The van der Waals surface area contributed by atoms with E-state index in [1.807, 2.05) is 62.4 Å². The third-order valence-electron chi connectivity index (χ3n) is 4.86. The summed E-state index contributed by atoms with van der Waals surface area (Å²) in [6.07, 6.45) is 1.05. The monoisotopic (exact) mass is 405 g/mol. The number of nitriles is 1. The SMILES string of the molecule is CCc1ccccc1NC(=O)CSC1=C(C#N)C(c2ccc(C)cc2)CC(=O)N1. The van der Waals surface area contributed by atoms with Gasteiger partial charge in [-0.1, -0.05) is 66.7 Å². The van der Waals surface area contributed by atoms with Crippen molar-refractivity contribution in [2.24, 2.45) is 0 Å². The van der Waals surface area contributed by atoms with Gasteiger partial charge in [0.2, 0.25) is 11.8 Å². The lowest BCUT2D eigenvalue weighted by atomic mass is 9.87. The zero-order chi connectivity index (χ0) is 20.8. The average molecular weight is 406 g/mol. The summed E-state index contributed by atoms with van der Waals surface area (Å²) in [5, 5.41) is 15.9. The number of anilines is 1. The van der Waals surface area contributed by atoms with Gasteiger partial charge >= 0.3 is 0 Å². The highest BCUT2D eigenvalue weighted by molar-refractivity contribution is 8.03. The Morgan fingerprint density at radius 1 is 1.24 bits per heavy atom. The molecular formula is C23H23N3O2S. The van der Waals surface area contributed by atoms with Crippen LogP contribution < -0.4 is 10.6 Å². The third-order valence-corrected chi connectivity index (χ3v) is 5.87. The van der Waals surface area contributed by atoms with E-state index in [-0.39, 0.29) is 29.9 Å². The zero-order valence-electron chi connectivity index (χ0n) is 16.5. The molecule has 0 bridgehead atoms. The largest absolute Gasteiger partial charge is 0.325 e. The van der Waals surface area contributed by atoms with Crippen molar-refractivity contribution < 1.29 is 9.59 Å². The van der Waals surface area contributed by atoms with E-state index in [0.29, 0.717) is 10.6 Å². The molecule has 1 aliphatic heterocycles. The number of aryl methyl sites for hydroxylation is 2. The number of rotatable bonds is 6. The number of amides is 2. The summed E-state index contributed by atoms with van der Waals surface area (Å²) in [6.45, 7) is 4.03. The van der Waals surface area contributed by atoms with Crippen molar-refractivity contribution in [1.82, 2.24) is 5.32 Å². The van der Waals surface area contributed by atoms with Gasteiger partial charge in [0.15, 0.2) is 0 Å². The second-order valence-electron chi connectivity index (χ2n) is 6.92. The number of allylic oxidation sites excluding steroid dienone is 1. The molecule has 0 saturated carbocycles. The van der Waals surface area contributed by atoms with Gasteiger partial charge in [0.05, 0.1) is 22.4 Å². The van der Waals surface area contributed by atoms with Crippen LogP contribution in [0.25, 0.3) is 0 Å². The predicted molar refractivity (Wildman–Crippen MR) is 116 cm³/mol. The molecule has 0 spiro atoms. The van der Waals surface area contributed by atoms with E-state index in [9.17, 15) is 14.9 Å². The Morgan fingerprint density at radius 3 is 2.66 bits per heavy atom. The van der Waals surface area contributed by atoms with Crippen LogP contribution in [0.1, 0.15) is 36.0 Å². The van der Waals surface area contributed by atoms with Crippen LogP contribution in [0.2, 0.25) is 0 Å². The maximum Gasteiger partial charge on any atom is 0.234 e. The summed E-state index contributed by atoms with van der Waals surface area (Å²) in [4.78, 5) is 24.7. The fourth-order valence-corrected chi connectivity index (χ4v) is 4.17. The standard InChI is InChI=1S/C23H23N3O2S/c1-3-16-6-4-5-7-20(16)25-22(28)14-29-23-19(13-24)18(12-21(27)26-23)17-10-8-15(2)9-11-17/h4-11,18H,3,12,14H2,1-2H3,(H,25,28)(H,26,27). The van der Waals surface area contributed by atoms with Crippen LogP contribution in [0.3, 0.4) is 0 Å². The Balaban J connectivity index is 1.75. The second-order valence-corrected chi connectivity index (χ2v) is 7.90. The van der Waals surface area contributed by atoms with Gasteiger partial charge in [-0.05, 0) is 30.5 Å². The summed E-state index contributed by atoms with van der Waals surface area (Å²) in [6, 6.07) is 17.8. The number of hydrogen-bond acceptors (Lipinski definition) is 4. The molecule has 29 heavy (non-hydrogen) atoms. The number of benzene rings is 2. The number of carbonyl (C=O) groups excluding carboxylic acids is 2. The Labute approximate surface area is 175 Å². The van der Waals surface area contributed by atoms with Crippen molar-refractivity contribution in [3.8, 4) is 6.07 Å². The molecule has 1 heterocycles. The van der Waals surface area contributed by atoms with E-state index in [0.717, 1.165) is 28.8 Å². The Bertz CT molecular complexity index is 990. The quantitative estimate of drug-likeness (QED) is 0.752. The fourth-order valence-electron chi connectivity index (χ4n) is 3.29. The molecule has 3 rings (SSSR count). The lowest BCUT2D eigenvalue weighted by Gasteiger charge is -2.25. The molecule has 2 amide bonds. The van der Waals surface area contributed by atoms with Crippen molar-refractivity contribution in [2.45, 2.75) is 32.6 Å². The first-order chi connectivity index (χ1) is 14.0. The summed E-state index contributed by atoms with van der Waals surface area (Å²) in [7, 11) is 0. The Hall–Kier alpha value is -3.04. The van der Waals surface area contributed by atoms with Crippen LogP contribution in [-0.2, 0) is 16.0 Å². The van der Waals surface area contributed by atoms with Crippen LogP contribution in [0.5, 0.6) is 0 Å². The Morgan fingerprint density at radius 2 is 1.97 bits per heavy atom. The maximum absolute atomic E-state index is 12.4. The molecule has 0 aromatic heterocycles. The molecule has 0 saturated heterocycles. The number of nitrogens with one attached hydrogen (secondary N) is 2. The summed E-state index contributed by atoms with van der Waals surface area (Å²) in [5.41, 5.74) is 4.41. The summed E-state index contributed by atoms with van der Waals surface area (Å²) < 4.78 is 0. The number of para-hydroxylation sites is 1. The first kappa shape index (κ1) is 20.7. The van der Waals surface area contributed by atoms with Gasteiger partial charge in [0.1, 0.15) is 0 Å². The molecule has 2 aromatic carbocycles. The van der Waals surface area contributed by atoms with Gasteiger partial charge < -0.3 is 10.6 Å². The number of nitrogens with zero attached hydrogens (tertiary/aromatic N) is 1. The van der Waals surface area contributed by atoms with Crippen molar-refractivity contribution in [1.29, 1.82) is 5.26 Å². The molecule has 0 radical (unpaired) electrons. The van der Waals surface area contributed by atoms with E-state index in [1.54, 1.807) is 0 Å². The van der Waals surface area contributed by atoms with Crippen LogP contribution >= 0.6 is 11.8 Å². The second kappa shape index (κ2) is 9.44. The molecule has 1 unspecified atom stereocenters. The van der Waals surface area contributed by atoms with E-state index >= 15 is 0 Å². The van der Waals surface area contributed by atoms with Crippen LogP contribution in [0.15, 0.2) is 59.1 Å². The van der Waals surface area contributed by atoms with Gasteiger partial charge in [0, 0.05) is 18.0 Å². The normalized spacial score (nSPS) is 16.2. The van der Waals surface area contributed by atoms with E-state index < -0.39 is 0 Å². The van der Waals surface area contributed by atoms with Gasteiger partial charge in [-0.3, -0.25) is 9.59 Å². The predicted octanol–water partition coefficient (Wildman–Crippen LogP) is 4.27. The molecule has 0 aliphatic carbocycles. The van der Waals surface area contributed by atoms with Crippen LogP contribution in [0, 0.1) is 18.3 Å². The number of carbonyl (C=O) groups is 2. The van der Waals surface area contributed by atoms with E-state index in [4.69, 9.17) is 0 Å². The third kappa shape index (κ3) is 5.07. The molecule has 0 fully saturated rings. The first-order valence-electron chi connectivity index (χ1n) is 9.53. The number of thioether (sulfide) groups is 1. The van der Waals surface area contributed by atoms with E-state index in [2.05, 4.69) is 16.7 Å². The molecule has 2 N–H and O–H groups in total. The topological polar surface area (TPSA) is 82.0 Å². The van der Waals surface area contributed by atoms with Crippen LogP contribution in [0.4, 0.5) is 5.69 Å². The van der Waals surface area contributed by atoms with Gasteiger partial charge in [-0.2, -0.15) is 5.26 Å². The van der Waals surface area contributed by atoms with Crippen molar-refractivity contribution in [2.75, 3.05) is 11.1 Å². The zero-order valence-corrected chi connectivity index (χ0v) is 17.3. The van der Waals surface area contributed by atoms with Gasteiger partial charge in [0.25, 0.3) is 0 Å². The first-order valence-corrected chi connectivity index (χ1v) is 10.5. The minimum atomic E-state index is -0.291. The summed E-state index contributed by atoms with van der Waals surface area (Å²) in [5.74, 6) is -0.499. The van der Waals surface area contributed by atoms with E-state index in [1.165, 1.54) is 11.8 Å². The van der Waals surface area contributed by atoms with Crippen molar-refractivity contribution >= 4 is 29.3 Å². The molecule has 1 aliphatic rings. The number of hydrogen-bond donors (Lipinski definition) is 2. The van der Waals surface area contributed by atoms with Crippen molar-refractivity contribution in [3.63, 3.8) is 0 Å². The highest BCUT2D eigenvalue weighted by atomic mass is 32.2. The van der Waals surface area contributed by atoms with Gasteiger partial charge in [-0.15, -0.1) is 0 Å². The molecule has 6 heteroatoms. The molecule has 5 nitrogen and oxygen atoms in total. The lowest BCUT2D eigenvalue weighted by Crippen LogP contribution is -2.31. The molecule has 148 valence electrons. The van der Waals surface area contributed by atoms with Gasteiger partial charge in [-0.25, -0.2) is 0 Å². The smallest absolute Gasteiger partial charge is 0.234 e. The maximum atomic E-state index is 12.4. The molecular weight excluding hydrogens is 382 g/mol. The molecule has 2 aromatic rings. The fraction of sp³-hybridized carbons (Fsp3) is 0.261. The Kier molecular flexibility index (Phi) is 6.73. The minimum Gasteiger partial charge on any atom is -0.325 e. The summed E-state index contributed by atoms with van der Waals surface area (Å²) >= 11 is 1.19. The van der Waals surface area contributed by atoms with Crippen LogP contribution in [-0.4, -0.2) is 17.6 Å². The lowest BCUT2D eigenvalue weighted by molar-refractivity contribution is -0.121. The average Bonchev–Trinajstić information content (AvgIpc) is 2.72. The highest BCUT2D eigenvalue weighted by Gasteiger charge is 2.29.